The molecular formula is C15H31N3O2. The summed E-state index contributed by atoms with van der Waals surface area (Å²) in [6.07, 6.45) is 3.06. The van der Waals surface area contributed by atoms with E-state index in [-0.39, 0.29) is 0 Å². The van der Waals surface area contributed by atoms with E-state index in [4.69, 9.17) is 9.47 Å². The van der Waals surface area contributed by atoms with Crippen LogP contribution in [0.15, 0.2) is 0 Å². The fourth-order valence-corrected chi connectivity index (χ4v) is 3.23. The topological polar surface area (TPSA) is 37.0 Å². The van der Waals surface area contributed by atoms with Crippen LogP contribution in [-0.2, 0) is 9.47 Å². The lowest BCUT2D eigenvalue weighted by molar-refractivity contribution is -0.0403. The number of hydrogen-bond acceptors (Lipinski definition) is 5. The molecule has 0 aromatic rings. The number of rotatable bonds is 7. The Morgan fingerprint density at radius 3 is 3.00 bits per heavy atom. The van der Waals surface area contributed by atoms with Gasteiger partial charge in [0, 0.05) is 39.8 Å². The molecule has 2 aliphatic rings. The van der Waals surface area contributed by atoms with Gasteiger partial charge < -0.3 is 24.6 Å². The van der Waals surface area contributed by atoms with E-state index in [0.29, 0.717) is 6.10 Å². The molecule has 0 radical (unpaired) electrons. The number of ether oxygens (including phenoxy) is 2. The van der Waals surface area contributed by atoms with E-state index in [1.54, 1.807) is 7.11 Å². The minimum absolute atomic E-state index is 0.397. The second kappa shape index (κ2) is 8.95. The summed E-state index contributed by atoms with van der Waals surface area (Å²) in [5.74, 6) is 0.780. The van der Waals surface area contributed by atoms with Gasteiger partial charge in [-0.25, -0.2) is 0 Å². The Bertz CT molecular complexity index is 266. The molecule has 5 nitrogen and oxygen atoms in total. The fraction of sp³-hybridized carbons (Fsp3) is 1.00. The van der Waals surface area contributed by atoms with Crippen LogP contribution in [0.4, 0.5) is 0 Å². The number of methoxy groups -OCH3 is 1. The minimum atomic E-state index is 0.397. The van der Waals surface area contributed by atoms with E-state index in [2.05, 4.69) is 22.2 Å². The Labute approximate surface area is 123 Å². The Morgan fingerprint density at radius 1 is 1.30 bits per heavy atom. The van der Waals surface area contributed by atoms with Gasteiger partial charge in [0.05, 0.1) is 19.3 Å². The Kier molecular flexibility index (Phi) is 7.24. The van der Waals surface area contributed by atoms with Crippen molar-refractivity contribution in [3.05, 3.63) is 0 Å². The molecule has 0 spiro atoms. The molecular weight excluding hydrogens is 254 g/mol. The average molecular weight is 285 g/mol. The molecule has 0 amide bonds. The summed E-state index contributed by atoms with van der Waals surface area (Å²) in [5.41, 5.74) is 0. The third kappa shape index (κ3) is 5.66. The molecule has 2 aliphatic heterocycles. The monoisotopic (exact) mass is 285 g/mol. The lowest BCUT2D eigenvalue weighted by Gasteiger charge is -2.37. The minimum Gasteiger partial charge on any atom is -0.383 e. The van der Waals surface area contributed by atoms with Crippen LogP contribution in [0.5, 0.6) is 0 Å². The molecule has 2 heterocycles. The molecule has 2 fully saturated rings. The molecule has 2 rings (SSSR count). The summed E-state index contributed by atoms with van der Waals surface area (Å²) in [7, 11) is 3.94. The van der Waals surface area contributed by atoms with Gasteiger partial charge in [-0.1, -0.05) is 0 Å². The van der Waals surface area contributed by atoms with Gasteiger partial charge in [-0.3, -0.25) is 0 Å². The number of morpholine rings is 1. The predicted molar refractivity (Wildman–Crippen MR) is 81.1 cm³/mol. The molecule has 2 unspecified atom stereocenters. The van der Waals surface area contributed by atoms with Gasteiger partial charge in [0.25, 0.3) is 0 Å². The predicted octanol–water partition coefficient (Wildman–Crippen LogP) is 0.265. The molecule has 20 heavy (non-hydrogen) atoms. The Morgan fingerprint density at radius 2 is 2.20 bits per heavy atom. The van der Waals surface area contributed by atoms with Crippen LogP contribution in [0, 0.1) is 5.92 Å². The molecule has 1 N–H and O–H groups in total. The van der Waals surface area contributed by atoms with Gasteiger partial charge >= 0.3 is 0 Å². The van der Waals surface area contributed by atoms with Crippen molar-refractivity contribution < 1.29 is 9.47 Å². The van der Waals surface area contributed by atoms with Crippen molar-refractivity contribution in [3.8, 4) is 0 Å². The first-order valence-electron chi connectivity index (χ1n) is 8.00. The lowest BCUT2D eigenvalue weighted by atomic mass is 9.97. The SMILES string of the molecule is COCCNCC1CCCN(CC2CN(C)CCO2)C1. The number of nitrogens with one attached hydrogen (secondary N) is 1. The van der Waals surface area contributed by atoms with Crippen LogP contribution < -0.4 is 5.32 Å². The van der Waals surface area contributed by atoms with Gasteiger partial charge in [-0.15, -0.1) is 0 Å². The first-order valence-corrected chi connectivity index (χ1v) is 8.00. The fourth-order valence-electron chi connectivity index (χ4n) is 3.23. The first kappa shape index (κ1) is 16.2. The standard InChI is InChI=1S/C15H31N3O2/c1-17-7-9-20-15(12-17)13-18-6-3-4-14(11-18)10-16-5-8-19-2/h14-16H,3-13H2,1-2H3. The van der Waals surface area contributed by atoms with E-state index < -0.39 is 0 Å². The van der Waals surface area contributed by atoms with E-state index in [1.807, 2.05) is 0 Å². The van der Waals surface area contributed by atoms with Gasteiger partial charge in [0.2, 0.25) is 0 Å². The van der Waals surface area contributed by atoms with Gasteiger partial charge in [0.1, 0.15) is 0 Å². The molecule has 0 aromatic carbocycles. The third-order valence-electron chi connectivity index (χ3n) is 4.32. The highest BCUT2D eigenvalue weighted by molar-refractivity contribution is 4.79. The second-order valence-corrected chi connectivity index (χ2v) is 6.22. The molecule has 0 aromatic heterocycles. The molecule has 0 bridgehead atoms. The number of likely N-dealkylation sites (tertiary alicyclic amines) is 1. The highest BCUT2D eigenvalue weighted by Crippen LogP contribution is 2.17. The van der Waals surface area contributed by atoms with Crippen molar-refractivity contribution in [1.82, 2.24) is 15.1 Å². The zero-order chi connectivity index (χ0) is 14.2. The van der Waals surface area contributed by atoms with Crippen molar-refractivity contribution in [3.63, 3.8) is 0 Å². The maximum absolute atomic E-state index is 5.88. The summed E-state index contributed by atoms with van der Waals surface area (Å²) in [5, 5.41) is 3.50. The van der Waals surface area contributed by atoms with Crippen LogP contribution in [-0.4, -0.2) is 89.1 Å². The number of nitrogens with zero attached hydrogens (tertiary/aromatic N) is 2. The molecule has 118 valence electrons. The van der Waals surface area contributed by atoms with Gasteiger partial charge in [-0.2, -0.15) is 0 Å². The summed E-state index contributed by atoms with van der Waals surface area (Å²) >= 11 is 0. The Balaban J connectivity index is 1.64. The van der Waals surface area contributed by atoms with Crippen LogP contribution >= 0.6 is 0 Å². The molecule has 2 saturated heterocycles. The van der Waals surface area contributed by atoms with Crippen molar-refractivity contribution in [2.75, 3.05) is 73.2 Å². The summed E-state index contributed by atoms with van der Waals surface area (Å²) < 4.78 is 11.0. The van der Waals surface area contributed by atoms with Gasteiger partial charge in [0.15, 0.2) is 0 Å². The molecule has 0 aliphatic carbocycles. The van der Waals surface area contributed by atoms with Crippen molar-refractivity contribution in [2.24, 2.45) is 5.92 Å². The second-order valence-electron chi connectivity index (χ2n) is 6.22. The summed E-state index contributed by atoms with van der Waals surface area (Å²) in [4.78, 5) is 4.97. The van der Waals surface area contributed by atoms with Crippen molar-refractivity contribution >= 4 is 0 Å². The molecule has 5 heteroatoms. The maximum atomic E-state index is 5.88. The average Bonchev–Trinajstić information content (AvgIpc) is 2.44. The Hall–Kier alpha value is -0.200. The summed E-state index contributed by atoms with van der Waals surface area (Å²) in [6.45, 7) is 9.46. The van der Waals surface area contributed by atoms with Gasteiger partial charge in [-0.05, 0) is 38.9 Å². The maximum Gasteiger partial charge on any atom is 0.0829 e. The molecule has 0 saturated carbocycles. The van der Waals surface area contributed by atoms with Crippen LogP contribution in [0.1, 0.15) is 12.8 Å². The number of likely N-dealkylation sites (N-methyl/N-ethyl adjacent to an activating group) is 1. The smallest absolute Gasteiger partial charge is 0.0829 e. The van der Waals surface area contributed by atoms with Crippen LogP contribution in [0.2, 0.25) is 0 Å². The first-order chi connectivity index (χ1) is 9.78. The van der Waals surface area contributed by atoms with E-state index in [0.717, 1.165) is 51.9 Å². The largest absolute Gasteiger partial charge is 0.383 e. The lowest BCUT2D eigenvalue weighted by Crippen LogP contribution is -2.49. The van der Waals surface area contributed by atoms with Crippen LogP contribution in [0.25, 0.3) is 0 Å². The quantitative estimate of drug-likeness (QED) is 0.679. The zero-order valence-corrected chi connectivity index (χ0v) is 13.1. The normalized spacial score (nSPS) is 29.7. The van der Waals surface area contributed by atoms with Crippen molar-refractivity contribution in [2.45, 2.75) is 18.9 Å². The van der Waals surface area contributed by atoms with Crippen LogP contribution in [0.3, 0.4) is 0 Å². The van der Waals surface area contributed by atoms with E-state index >= 15 is 0 Å². The van der Waals surface area contributed by atoms with E-state index in [1.165, 1.54) is 25.9 Å². The highest BCUT2D eigenvalue weighted by Gasteiger charge is 2.24. The van der Waals surface area contributed by atoms with Crippen molar-refractivity contribution in [1.29, 1.82) is 0 Å². The summed E-state index contributed by atoms with van der Waals surface area (Å²) in [6, 6.07) is 0. The molecule has 2 atom stereocenters. The third-order valence-corrected chi connectivity index (χ3v) is 4.32. The number of piperidine rings is 1. The zero-order valence-electron chi connectivity index (χ0n) is 13.1. The number of hydrogen-bond donors (Lipinski definition) is 1. The van der Waals surface area contributed by atoms with E-state index in [9.17, 15) is 0 Å². The highest BCUT2D eigenvalue weighted by atomic mass is 16.5.